The van der Waals surface area contributed by atoms with Crippen molar-refractivity contribution < 1.29 is 23.0 Å². The molecule has 0 radical (unpaired) electrons. The Labute approximate surface area is 101 Å². The van der Waals surface area contributed by atoms with Crippen LogP contribution < -0.4 is 4.74 Å². The van der Waals surface area contributed by atoms with Gasteiger partial charge in [-0.15, -0.1) is 0 Å². The zero-order chi connectivity index (χ0) is 13.0. The van der Waals surface area contributed by atoms with Gasteiger partial charge >= 0.3 is 5.97 Å². The smallest absolute Gasteiger partial charge is 0.344 e. The lowest BCUT2D eigenvalue weighted by Crippen LogP contribution is -2.12. The molecule has 0 fully saturated rings. The Hall–Kier alpha value is -1.43. The summed E-state index contributed by atoms with van der Waals surface area (Å²) in [5, 5.41) is -0.0278. The second-order valence-corrected chi connectivity index (χ2v) is 3.33. The first-order valence-electron chi connectivity index (χ1n) is 4.70. The fourth-order valence-corrected chi connectivity index (χ4v) is 1.47. The summed E-state index contributed by atoms with van der Waals surface area (Å²) in [5.74, 6) is -1.09. The number of aromatic nitrogens is 1. The molecule has 1 rings (SSSR count). The molecule has 0 aliphatic rings. The van der Waals surface area contributed by atoms with E-state index in [4.69, 9.17) is 16.3 Å². The first kappa shape index (κ1) is 13.6. The van der Waals surface area contributed by atoms with Gasteiger partial charge in [-0.25, -0.2) is 13.6 Å². The van der Waals surface area contributed by atoms with Gasteiger partial charge in [0, 0.05) is 6.20 Å². The maximum atomic E-state index is 12.7. The predicted octanol–water partition coefficient (Wildman–Crippen LogP) is 2.86. The summed E-state index contributed by atoms with van der Waals surface area (Å²) >= 11 is 5.71. The van der Waals surface area contributed by atoms with Crippen molar-refractivity contribution in [3.8, 4) is 5.75 Å². The van der Waals surface area contributed by atoms with Crippen molar-refractivity contribution in [3.05, 3.63) is 22.5 Å². The number of ether oxygens (including phenoxy) is 2. The number of rotatable bonds is 4. The van der Waals surface area contributed by atoms with E-state index in [1.54, 1.807) is 6.92 Å². The number of hydrogen-bond acceptors (Lipinski definition) is 4. The molecule has 0 saturated carbocycles. The molecular weight excluding hydrogens is 256 g/mol. The standard InChI is InChI=1S/C10H10ClF2NO3/c1-3-17-10(15)6-7(9(12)13)14-4-5(11)8(6)16-2/h4,9H,3H2,1-2H3. The molecule has 0 saturated heterocycles. The SMILES string of the molecule is CCOC(=O)c1c(C(F)F)ncc(Cl)c1OC. The van der Waals surface area contributed by atoms with Gasteiger partial charge < -0.3 is 9.47 Å². The van der Waals surface area contributed by atoms with E-state index in [2.05, 4.69) is 9.72 Å². The molecular formula is C10H10ClF2NO3. The molecule has 0 spiro atoms. The minimum atomic E-state index is -2.92. The summed E-state index contributed by atoms with van der Waals surface area (Å²) in [7, 11) is 1.22. The molecule has 17 heavy (non-hydrogen) atoms. The van der Waals surface area contributed by atoms with Crippen LogP contribution in [0.25, 0.3) is 0 Å². The monoisotopic (exact) mass is 265 g/mol. The van der Waals surface area contributed by atoms with Crippen LogP contribution in [0.1, 0.15) is 29.4 Å². The van der Waals surface area contributed by atoms with E-state index in [0.717, 1.165) is 6.20 Å². The van der Waals surface area contributed by atoms with Crippen LogP contribution in [0.15, 0.2) is 6.20 Å². The quantitative estimate of drug-likeness (QED) is 0.786. The largest absolute Gasteiger partial charge is 0.494 e. The highest BCUT2D eigenvalue weighted by molar-refractivity contribution is 6.32. The van der Waals surface area contributed by atoms with Gasteiger partial charge in [0.1, 0.15) is 16.3 Å². The predicted molar refractivity (Wildman–Crippen MR) is 56.7 cm³/mol. The fourth-order valence-electron chi connectivity index (χ4n) is 1.25. The number of pyridine rings is 1. The molecule has 1 aromatic rings. The molecule has 0 unspecified atom stereocenters. The number of nitrogens with zero attached hydrogens (tertiary/aromatic N) is 1. The lowest BCUT2D eigenvalue weighted by atomic mass is 10.1. The van der Waals surface area contributed by atoms with Crippen molar-refractivity contribution in [2.75, 3.05) is 13.7 Å². The van der Waals surface area contributed by atoms with Crippen LogP contribution in [0.2, 0.25) is 5.02 Å². The van der Waals surface area contributed by atoms with Gasteiger partial charge in [-0.1, -0.05) is 11.6 Å². The third-order valence-electron chi connectivity index (χ3n) is 1.91. The number of hydrogen-bond donors (Lipinski definition) is 0. The third kappa shape index (κ3) is 2.82. The highest BCUT2D eigenvalue weighted by Crippen LogP contribution is 2.34. The number of esters is 1. The second-order valence-electron chi connectivity index (χ2n) is 2.92. The summed E-state index contributed by atoms with van der Waals surface area (Å²) in [6.45, 7) is 1.61. The van der Waals surface area contributed by atoms with E-state index >= 15 is 0 Å². The van der Waals surface area contributed by atoms with Gasteiger partial charge in [-0.2, -0.15) is 0 Å². The molecule has 1 heterocycles. The molecule has 0 aromatic carbocycles. The van der Waals surface area contributed by atoms with E-state index in [0.29, 0.717) is 0 Å². The summed E-state index contributed by atoms with van der Waals surface area (Å²) in [4.78, 5) is 15.0. The lowest BCUT2D eigenvalue weighted by molar-refractivity contribution is 0.0509. The molecule has 94 valence electrons. The van der Waals surface area contributed by atoms with E-state index in [9.17, 15) is 13.6 Å². The van der Waals surface area contributed by atoms with Crippen LogP contribution >= 0.6 is 11.6 Å². The first-order valence-corrected chi connectivity index (χ1v) is 5.08. The average molecular weight is 266 g/mol. The minimum absolute atomic E-state index is 0.0278. The van der Waals surface area contributed by atoms with E-state index < -0.39 is 23.7 Å². The first-order chi connectivity index (χ1) is 8.02. The van der Waals surface area contributed by atoms with E-state index in [1.165, 1.54) is 7.11 Å². The Balaban J connectivity index is 3.38. The van der Waals surface area contributed by atoms with Crippen LogP contribution in [-0.4, -0.2) is 24.7 Å². The van der Waals surface area contributed by atoms with Gasteiger partial charge in [0.05, 0.1) is 13.7 Å². The number of halogens is 3. The summed E-state index contributed by atoms with van der Waals surface area (Å²) in [6, 6.07) is 0. The van der Waals surface area contributed by atoms with Crippen LogP contribution in [-0.2, 0) is 4.74 Å². The minimum Gasteiger partial charge on any atom is -0.494 e. The Morgan fingerprint density at radius 1 is 1.59 bits per heavy atom. The van der Waals surface area contributed by atoms with Crippen molar-refractivity contribution in [3.63, 3.8) is 0 Å². The zero-order valence-electron chi connectivity index (χ0n) is 9.17. The van der Waals surface area contributed by atoms with Crippen LogP contribution in [0.3, 0.4) is 0 Å². The molecule has 0 bridgehead atoms. The molecule has 4 nitrogen and oxygen atoms in total. The second kappa shape index (κ2) is 5.77. The Bertz CT molecular complexity index is 426. The van der Waals surface area contributed by atoms with Crippen molar-refractivity contribution in [1.82, 2.24) is 4.98 Å². The van der Waals surface area contributed by atoms with Crippen LogP contribution in [0.5, 0.6) is 5.75 Å². The Morgan fingerprint density at radius 3 is 2.71 bits per heavy atom. The number of methoxy groups -OCH3 is 1. The molecule has 0 atom stereocenters. The molecule has 7 heteroatoms. The van der Waals surface area contributed by atoms with E-state index in [1.807, 2.05) is 0 Å². The van der Waals surface area contributed by atoms with Gasteiger partial charge in [-0.3, -0.25) is 4.98 Å². The normalized spacial score (nSPS) is 10.5. The summed E-state index contributed by atoms with van der Waals surface area (Å²) in [6.07, 6.45) is -1.91. The average Bonchev–Trinajstić information content (AvgIpc) is 2.28. The Morgan fingerprint density at radius 2 is 2.24 bits per heavy atom. The van der Waals surface area contributed by atoms with Gasteiger partial charge in [-0.05, 0) is 6.92 Å². The molecule has 1 aromatic heterocycles. The van der Waals surface area contributed by atoms with Crippen molar-refractivity contribution in [2.45, 2.75) is 13.3 Å². The Kier molecular flexibility index (Phi) is 4.62. The van der Waals surface area contributed by atoms with Crippen molar-refractivity contribution in [2.24, 2.45) is 0 Å². The zero-order valence-corrected chi connectivity index (χ0v) is 9.92. The number of carbonyl (C=O) groups is 1. The van der Waals surface area contributed by atoms with Gasteiger partial charge in [0.15, 0.2) is 5.75 Å². The maximum Gasteiger partial charge on any atom is 0.344 e. The van der Waals surface area contributed by atoms with Crippen LogP contribution in [0.4, 0.5) is 8.78 Å². The van der Waals surface area contributed by atoms with Crippen molar-refractivity contribution in [1.29, 1.82) is 0 Å². The van der Waals surface area contributed by atoms with Crippen LogP contribution in [0, 0.1) is 0 Å². The van der Waals surface area contributed by atoms with E-state index in [-0.39, 0.29) is 17.4 Å². The highest BCUT2D eigenvalue weighted by Gasteiger charge is 2.27. The topological polar surface area (TPSA) is 48.4 Å². The maximum absolute atomic E-state index is 12.7. The summed E-state index contributed by atoms with van der Waals surface area (Å²) < 4.78 is 34.9. The van der Waals surface area contributed by atoms with Gasteiger partial charge in [0.2, 0.25) is 0 Å². The van der Waals surface area contributed by atoms with Crippen molar-refractivity contribution >= 4 is 17.6 Å². The number of carbonyl (C=O) groups excluding carboxylic acids is 1. The summed E-state index contributed by atoms with van der Waals surface area (Å²) in [5.41, 5.74) is -1.14. The molecule has 0 aliphatic heterocycles. The lowest BCUT2D eigenvalue weighted by Gasteiger charge is -2.12. The molecule has 0 aliphatic carbocycles. The number of alkyl halides is 2. The van der Waals surface area contributed by atoms with Gasteiger partial charge in [0.25, 0.3) is 6.43 Å². The fraction of sp³-hybridized carbons (Fsp3) is 0.400. The third-order valence-corrected chi connectivity index (χ3v) is 2.18. The molecule has 0 amide bonds. The highest BCUT2D eigenvalue weighted by atomic mass is 35.5. The molecule has 0 N–H and O–H groups in total.